The quantitative estimate of drug-likeness (QED) is 0.184. The summed E-state index contributed by atoms with van der Waals surface area (Å²) < 4.78 is 42.3. The Kier molecular flexibility index (Phi) is 6.37. The Bertz CT molecular complexity index is 2710. The van der Waals surface area contributed by atoms with Crippen LogP contribution in [0.15, 0.2) is 71.9 Å². The van der Waals surface area contributed by atoms with E-state index in [1.54, 1.807) is 0 Å². The lowest BCUT2D eigenvalue weighted by atomic mass is 9.66. The molecule has 2 aromatic heterocycles. The number of hydrogen-bond acceptors (Lipinski definition) is 5. The lowest BCUT2D eigenvalue weighted by Crippen LogP contribution is -2.54. The van der Waals surface area contributed by atoms with Crippen LogP contribution in [-0.2, 0) is 22.1 Å². The van der Waals surface area contributed by atoms with E-state index < -0.39 is 22.9 Å². The van der Waals surface area contributed by atoms with Crippen molar-refractivity contribution in [3.8, 4) is 28.7 Å². The highest BCUT2D eigenvalue weighted by molar-refractivity contribution is 6.11. The number of fused-ring (bicyclic) bond motifs is 8. The van der Waals surface area contributed by atoms with Crippen LogP contribution in [0.25, 0.3) is 27.6 Å². The molecule has 53 heavy (non-hydrogen) atoms. The molecule has 0 N–H and O–H groups in total. The highest BCUT2D eigenvalue weighted by Gasteiger charge is 2.66. The van der Waals surface area contributed by atoms with E-state index in [0.29, 0.717) is 23.0 Å². The molecule has 0 spiro atoms. The van der Waals surface area contributed by atoms with Crippen molar-refractivity contribution in [2.75, 3.05) is 0 Å². The number of pyridine rings is 1. The lowest BCUT2D eigenvalue weighted by molar-refractivity contribution is -0.0673. The number of aryl methyl sites for hydroxylation is 5. The summed E-state index contributed by atoms with van der Waals surface area (Å²) in [5.74, 6) is 3.32. The van der Waals surface area contributed by atoms with Crippen LogP contribution in [0.3, 0.4) is 0 Å². The Morgan fingerprint density at radius 2 is 1.53 bits per heavy atom. The molecule has 0 amide bonds. The van der Waals surface area contributed by atoms with Gasteiger partial charge in [-0.3, -0.25) is 4.57 Å². The van der Waals surface area contributed by atoms with Crippen molar-refractivity contribution in [1.82, 2.24) is 9.55 Å². The second kappa shape index (κ2) is 10.7. The third kappa shape index (κ3) is 4.76. The molecule has 6 heteroatoms. The van der Waals surface area contributed by atoms with Crippen LogP contribution < -0.4 is 9.47 Å². The lowest BCUT2D eigenvalue weighted by Gasteiger charge is -2.45. The van der Waals surface area contributed by atoms with Crippen LogP contribution in [-0.4, -0.2) is 21.0 Å². The Labute approximate surface area is 315 Å². The van der Waals surface area contributed by atoms with Crippen molar-refractivity contribution in [2.24, 2.45) is 10.4 Å². The first-order chi connectivity index (χ1) is 25.6. The maximum atomic E-state index is 9.75. The molecule has 3 aliphatic rings. The first-order valence-electron chi connectivity index (χ1n) is 19.6. The zero-order valence-electron chi connectivity index (χ0n) is 34.9. The molecule has 4 aromatic carbocycles. The zero-order valence-corrected chi connectivity index (χ0v) is 32.9. The maximum absolute atomic E-state index is 9.75. The number of rotatable bonds is 3. The normalized spacial score (nSPS) is 21.7. The van der Waals surface area contributed by atoms with Crippen molar-refractivity contribution in [2.45, 2.75) is 106 Å². The summed E-state index contributed by atoms with van der Waals surface area (Å²) in [5.41, 5.74) is 8.27. The van der Waals surface area contributed by atoms with Gasteiger partial charge in [-0.25, -0.2) is 9.98 Å². The largest absolute Gasteiger partial charge is 0.467 e. The maximum Gasteiger partial charge on any atom is 0.217 e. The Hall–Kier alpha value is -5.10. The number of benzene rings is 4. The molecular weight excluding hydrogens is 655 g/mol. The molecule has 0 radical (unpaired) electrons. The highest BCUT2D eigenvalue weighted by atomic mass is 16.5. The van der Waals surface area contributed by atoms with Crippen LogP contribution >= 0.6 is 0 Å². The standard InChI is InChI=1S/C47H49N3O3/c1-25-13-34-35-14-26(2)24-48-42(35)50-37-22-38(29(5)18-39(37)52-40(15-25)41(34)50)51-33-20-30(19-32(21-33)44(6,7)8)43-49-46(12)36-17-28(4)27(3)16-31(36)23-47(46,53-43)45(9,10)11/h13-22,24H,23H2,1-12H3/t46-,47-/m1/s1/i23D2. The topological polar surface area (TPSA) is 57.9 Å². The fourth-order valence-corrected chi connectivity index (χ4v) is 8.67. The monoisotopic (exact) mass is 705 g/mol. The van der Waals surface area contributed by atoms with Gasteiger partial charge >= 0.3 is 0 Å². The molecule has 0 saturated heterocycles. The summed E-state index contributed by atoms with van der Waals surface area (Å²) in [5, 5.41) is 2.20. The zero-order chi connectivity index (χ0) is 39.4. The van der Waals surface area contributed by atoms with Gasteiger partial charge in [-0.1, -0.05) is 53.7 Å². The van der Waals surface area contributed by atoms with Gasteiger partial charge in [-0.05, 0) is 134 Å². The van der Waals surface area contributed by atoms with Gasteiger partial charge in [-0.15, -0.1) is 0 Å². The molecule has 2 aliphatic heterocycles. The minimum absolute atomic E-state index is 0.231. The Morgan fingerprint density at radius 1 is 0.792 bits per heavy atom. The number of nitrogens with zero attached hydrogens (tertiary/aromatic N) is 3. The Balaban J connectivity index is 1.19. The van der Waals surface area contributed by atoms with E-state index >= 15 is 0 Å². The fraction of sp³-hybridized carbons (Fsp3) is 0.362. The van der Waals surface area contributed by atoms with Crippen LogP contribution in [0.2, 0.25) is 0 Å². The number of hydrogen-bond donors (Lipinski definition) is 0. The predicted octanol–water partition coefficient (Wildman–Crippen LogP) is 11.9. The van der Waals surface area contributed by atoms with E-state index in [4.69, 9.17) is 24.2 Å². The van der Waals surface area contributed by atoms with E-state index in [1.165, 1.54) is 0 Å². The van der Waals surface area contributed by atoms with Gasteiger partial charge in [0.25, 0.3) is 0 Å². The van der Waals surface area contributed by atoms with E-state index in [2.05, 4.69) is 109 Å². The van der Waals surface area contributed by atoms with E-state index in [0.717, 1.165) is 83.6 Å². The minimum Gasteiger partial charge on any atom is -0.467 e. The van der Waals surface area contributed by atoms with Gasteiger partial charge in [-0.2, -0.15) is 0 Å². The molecule has 4 heterocycles. The van der Waals surface area contributed by atoms with E-state index in [9.17, 15) is 2.74 Å². The minimum atomic E-state index is -1.82. The first-order valence-corrected chi connectivity index (χ1v) is 18.6. The molecule has 0 fully saturated rings. The van der Waals surface area contributed by atoms with Gasteiger partial charge in [0.1, 0.15) is 28.3 Å². The average Bonchev–Trinajstić information content (AvgIpc) is 3.64. The van der Waals surface area contributed by atoms with Gasteiger partial charge < -0.3 is 14.2 Å². The third-order valence-corrected chi connectivity index (χ3v) is 11.7. The SMILES string of the molecule is [2H]C1([2H])c2cc(C)c(C)cc2[C@@]2(C)N=C(c3cc(Oc4cc5c(cc4C)Oc4cc(C)cc6c7cc(C)cnc7n-5c46)cc(C(C)(C)C)c3)O[C@@]12C(C)(C)C. The van der Waals surface area contributed by atoms with Crippen molar-refractivity contribution < 1.29 is 17.0 Å². The highest BCUT2D eigenvalue weighted by Crippen LogP contribution is 2.60. The summed E-state index contributed by atoms with van der Waals surface area (Å²) >= 11 is 0. The summed E-state index contributed by atoms with van der Waals surface area (Å²) in [6, 6.07) is 20.9. The number of aliphatic imine (C=N–C) groups is 1. The molecule has 2 atom stereocenters. The molecule has 9 rings (SSSR count). The molecule has 1 aliphatic carbocycles. The van der Waals surface area contributed by atoms with Crippen LogP contribution in [0, 0.1) is 40.0 Å². The van der Waals surface area contributed by atoms with Crippen LogP contribution in [0.4, 0.5) is 0 Å². The Morgan fingerprint density at radius 3 is 2.26 bits per heavy atom. The predicted molar refractivity (Wildman–Crippen MR) is 215 cm³/mol. The van der Waals surface area contributed by atoms with Crippen LogP contribution in [0.1, 0.15) is 101 Å². The van der Waals surface area contributed by atoms with Crippen molar-refractivity contribution in [3.05, 3.63) is 117 Å². The summed E-state index contributed by atoms with van der Waals surface area (Å²) in [7, 11) is 0. The van der Waals surface area contributed by atoms with Crippen molar-refractivity contribution >= 4 is 27.8 Å². The van der Waals surface area contributed by atoms with E-state index in [1.807, 2.05) is 45.2 Å². The molecular formula is C47H49N3O3. The first kappa shape index (κ1) is 31.4. The van der Waals surface area contributed by atoms with Gasteiger partial charge in [0.2, 0.25) is 5.90 Å². The second-order valence-electron chi connectivity index (χ2n) is 17.8. The van der Waals surface area contributed by atoms with Gasteiger partial charge in [0.15, 0.2) is 11.5 Å². The molecule has 6 aromatic rings. The van der Waals surface area contributed by atoms with Crippen molar-refractivity contribution in [3.63, 3.8) is 0 Å². The van der Waals surface area contributed by atoms with Crippen molar-refractivity contribution in [1.29, 1.82) is 0 Å². The second-order valence-corrected chi connectivity index (χ2v) is 17.8. The molecule has 0 unspecified atom stereocenters. The fourth-order valence-electron chi connectivity index (χ4n) is 8.67. The van der Waals surface area contributed by atoms with E-state index in [-0.39, 0.29) is 5.41 Å². The smallest absolute Gasteiger partial charge is 0.217 e. The summed E-state index contributed by atoms with van der Waals surface area (Å²) in [4.78, 5) is 10.3. The number of aromatic nitrogens is 2. The van der Waals surface area contributed by atoms with Gasteiger partial charge in [0, 0.05) is 43.1 Å². The average molecular weight is 706 g/mol. The molecule has 0 bridgehead atoms. The molecule has 270 valence electrons. The third-order valence-electron chi connectivity index (χ3n) is 11.7. The van der Waals surface area contributed by atoms with Gasteiger partial charge in [0.05, 0.1) is 11.2 Å². The summed E-state index contributed by atoms with van der Waals surface area (Å²) in [6.07, 6.45) is 0.0945. The summed E-state index contributed by atoms with van der Waals surface area (Å²) in [6.45, 7) is 25.1. The van der Waals surface area contributed by atoms with Crippen LogP contribution in [0.5, 0.6) is 23.0 Å². The molecule has 6 nitrogen and oxygen atoms in total. The molecule has 0 saturated carbocycles. The number of ether oxygens (including phenoxy) is 3.